The van der Waals surface area contributed by atoms with Gasteiger partial charge in [0.15, 0.2) is 0 Å². The molecule has 0 unspecified atom stereocenters. The topological polar surface area (TPSA) is 44.8 Å². The highest BCUT2D eigenvalue weighted by Gasteiger charge is 2.49. The third kappa shape index (κ3) is 4.92. The van der Waals surface area contributed by atoms with Crippen molar-refractivity contribution < 1.29 is 18.8 Å². The molecule has 0 radical (unpaired) electrons. The average Bonchev–Trinajstić information content (AvgIpc) is 2.37. The molecule has 17 heavy (non-hydrogen) atoms. The van der Waals surface area contributed by atoms with E-state index in [9.17, 15) is 4.79 Å². The van der Waals surface area contributed by atoms with E-state index in [1.807, 2.05) is 19.0 Å². The van der Waals surface area contributed by atoms with Gasteiger partial charge < -0.3 is 14.0 Å². The summed E-state index contributed by atoms with van der Waals surface area (Å²) < 4.78 is 15.5. The van der Waals surface area contributed by atoms with Gasteiger partial charge in [-0.25, -0.2) is 0 Å². The Balaban J connectivity index is 0.000000437. The maximum atomic E-state index is 9.18. The number of ether oxygens (including phenoxy) is 1. The molecule has 0 N–H and O–H groups in total. The molecule has 0 aromatic carbocycles. The van der Waals surface area contributed by atoms with Gasteiger partial charge >= 0.3 is 7.12 Å². The molecule has 5 heteroatoms. The van der Waals surface area contributed by atoms with Gasteiger partial charge in [-0.05, 0) is 41.5 Å². The third-order valence-electron chi connectivity index (χ3n) is 2.86. The largest absolute Gasteiger partial charge is 0.486 e. The van der Waals surface area contributed by atoms with Crippen molar-refractivity contribution in [2.75, 3.05) is 6.61 Å². The first-order valence-electron chi connectivity index (χ1n) is 5.84. The van der Waals surface area contributed by atoms with Crippen molar-refractivity contribution in [2.45, 2.75) is 52.7 Å². The lowest BCUT2D eigenvalue weighted by Gasteiger charge is -2.32. The molecule has 1 saturated heterocycles. The molecule has 1 aliphatic heterocycles. The smallest absolute Gasteiger partial charge is 0.468 e. The van der Waals surface area contributed by atoms with Crippen LogP contribution in [-0.4, -0.2) is 31.4 Å². The van der Waals surface area contributed by atoms with E-state index in [-0.39, 0.29) is 18.3 Å². The van der Waals surface area contributed by atoms with E-state index in [4.69, 9.17) is 9.31 Å². The number of rotatable bonds is 3. The second-order valence-corrected chi connectivity index (χ2v) is 4.70. The first-order valence-corrected chi connectivity index (χ1v) is 5.84. The number of carbonyl (C=O) groups excluding carboxylic acids is 1. The molecule has 4 nitrogen and oxygen atoms in total. The number of hydrogen-bond acceptors (Lipinski definition) is 4. The van der Waals surface area contributed by atoms with Gasteiger partial charge in [0.1, 0.15) is 0 Å². The molecule has 0 aromatic heterocycles. The van der Waals surface area contributed by atoms with Crippen LogP contribution in [0.3, 0.4) is 0 Å². The summed E-state index contributed by atoms with van der Waals surface area (Å²) in [5, 5.41) is 0. The SMILES string of the molecule is C/C=C/B1OC(C)(C)C(C)(C)O1.CCOC=O. The Morgan fingerprint density at radius 2 is 1.65 bits per heavy atom. The van der Waals surface area contributed by atoms with Gasteiger partial charge in [-0.1, -0.05) is 12.1 Å². The molecule has 0 aliphatic carbocycles. The number of carbonyl (C=O) groups is 1. The summed E-state index contributed by atoms with van der Waals surface area (Å²) in [4.78, 5) is 9.18. The van der Waals surface area contributed by atoms with Crippen molar-refractivity contribution in [1.29, 1.82) is 0 Å². The zero-order valence-electron chi connectivity index (χ0n) is 11.6. The van der Waals surface area contributed by atoms with Crippen LogP contribution in [0.15, 0.2) is 12.1 Å². The van der Waals surface area contributed by atoms with Crippen molar-refractivity contribution in [1.82, 2.24) is 0 Å². The van der Waals surface area contributed by atoms with Crippen molar-refractivity contribution in [2.24, 2.45) is 0 Å². The normalized spacial score (nSPS) is 20.9. The predicted octanol–water partition coefficient (Wildman–Crippen LogP) is 2.37. The van der Waals surface area contributed by atoms with E-state index < -0.39 is 0 Å². The molecule has 1 fully saturated rings. The zero-order valence-corrected chi connectivity index (χ0v) is 11.6. The van der Waals surface area contributed by atoms with Gasteiger partial charge in [-0.15, -0.1) is 0 Å². The number of hydrogen-bond donors (Lipinski definition) is 0. The van der Waals surface area contributed by atoms with Crippen molar-refractivity contribution in [3.05, 3.63) is 12.1 Å². The highest BCUT2D eigenvalue weighted by molar-refractivity contribution is 6.51. The van der Waals surface area contributed by atoms with Crippen LogP contribution >= 0.6 is 0 Å². The quantitative estimate of drug-likeness (QED) is 0.563. The van der Waals surface area contributed by atoms with Gasteiger partial charge in [-0.3, -0.25) is 4.79 Å². The van der Waals surface area contributed by atoms with Gasteiger partial charge in [0, 0.05) is 0 Å². The van der Waals surface area contributed by atoms with Gasteiger partial charge in [-0.2, -0.15) is 0 Å². The summed E-state index contributed by atoms with van der Waals surface area (Å²) in [7, 11) is -0.181. The van der Waals surface area contributed by atoms with Crippen LogP contribution in [0.1, 0.15) is 41.5 Å². The Bertz CT molecular complexity index is 245. The molecular weight excluding hydrogens is 219 g/mol. The standard InChI is InChI=1S/C9H17BO2.C3H6O2/c1-6-7-10-11-8(2,3)9(4,5)12-10;1-2-5-3-4/h6-7H,1-5H3;3H,2H2,1H3/b7-6+;. The van der Waals surface area contributed by atoms with Crippen LogP contribution in [0.4, 0.5) is 0 Å². The first-order chi connectivity index (χ1) is 7.80. The maximum absolute atomic E-state index is 9.18. The lowest BCUT2D eigenvalue weighted by Crippen LogP contribution is -2.41. The van der Waals surface area contributed by atoms with E-state index in [0.717, 1.165) is 0 Å². The minimum absolute atomic E-state index is 0.181. The summed E-state index contributed by atoms with van der Waals surface area (Å²) in [5.41, 5.74) is -0.422. The molecule has 0 amide bonds. The summed E-state index contributed by atoms with van der Waals surface area (Å²) >= 11 is 0. The summed E-state index contributed by atoms with van der Waals surface area (Å²) in [6.45, 7) is 12.8. The molecule has 1 rings (SSSR count). The Morgan fingerprint density at radius 3 is 1.88 bits per heavy atom. The van der Waals surface area contributed by atoms with Crippen LogP contribution in [0, 0.1) is 0 Å². The van der Waals surface area contributed by atoms with E-state index >= 15 is 0 Å². The Kier molecular flexibility index (Phi) is 6.49. The average molecular weight is 242 g/mol. The Labute approximate surface area is 104 Å². The second kappa shape index (κ2) is 6.82. The van der Waals surface area contributed by atoms with Crippen LogP contribution in [-0.2, 0) is 18.8 Å². The molecular formula is C12H23BO4. The highest BCUT2D eigenvalue weighted by Crippen LogP contribution is 2.36. The lowest BCUT2D eigenvalue weighted by molar-refractivity contribution is -0.128. The van der Waals surface area contributed by atoms with Crippen molar-refractivity contribution in [3.63, 3.8) is 0 Å². The second-order valence-electron chi connectivity index (χ2n) is 4.70. The van der Waals surface area contributed by atoms with Crippen LogP contribution < -0.4 is 0 Å². The minimum atomic E-state index is -0.211. The summed E-state index contributed by atoms with van der Waals surface area (Å²) in [6, 6.07) is 0. The molecule has 0 saturated carbocycles. The first kappa shape index (κ1) is 16.2. The zero-order chi connectivity index (χ0) is 13.5. The van der Waals surface area contributed by atoms with Crippen molar-refractivity contribution in [3.8, 4) is 0 Å². The maximum Gasteiger partial charge on any atom is 0.486 e. The minimum Gasteiger partial charge on any atom is -0.468 e. The van der Waals surface area contributed by atoms with E-state index in [2.05, 4.69) is 32.4 Å². The van der Waals surface area contributed by atoms with Gasteiger partial charge in [0.2, 0.25) is 0 Å². The molecule has 0 atom stereocenters. The highest BCUT2D eigenvalue weighted by atomic mass is 16.7. The lowest BCUT2D eigenvalue weighted by atomic mass is 9.90. The monoisotopic (exact) mass is 242 g/mol. The van der Waals surface area contributed by atoms with E-state index in [1.54, 1.807) is 6.92 Å². The van der Waals surface area contributed by atoms with Gasteiger partial charge in [0.25, 0.3) is 6.47 Å². The fourth-order valence-electron chi connectivity index (χ4n) is 1.19. The third-order valence-corrected chi connectivity index (χ3v) is 2.86. The summed E-state index contributed by atoms with van der Waals surface area (Å²) in [6.07, 6.45) is 1.95. The van der Waals surface area contributed by atoms with E-state index in [1.165, 1.54) is 0 Å². The van der Waals surface area contributed by atoms with Crippen LogP contribution in [0.2, 0.25) is 0 Å². The molecule has 1 aliphatic rings. The van der Waals surface area contributed by atoms with Crippen LogP contribution in [0.25, 0.3) is 0 Å². The van der Waals surface area contributed by atoms with Crippen LogP contribution in [0.5, 0.6) is 0 Å². The fraction of sp³-hybridized carbons (Fsp3) is 0.750. The molecule has 98 valence electrons. The molecule has 0 spiro atoms. The van der Waals surface area contributed by atoms with Crippen molar-refractivity contribution >= 4 is 13.6 Å². The van der Waals surface area contributed by atoms with E-state index in [0.29, 0.717) is 13.1 Å². The predicted molar refractivity (Wildman–Crippen MR) is 68.6 cm³/mol. The number of allylic oxidation sites excluding steroid dienone is 1. The molecule has 0 bridgehead atoms. The molecule has 0 aromatic rings. The van der Waals surface area contributed by atoms with Gasteiger partial charge in [0.05, 0.1) is 17.8 Å². The Morgan fingerprint density at radius 1 is 1.18 bits per heavy atom. The Hall–Kier alpha value is -0.805. The fourth-order valence-corrected chi connectivity index (χ4v) is 1.19. The molecule has 1 heterocycles. The summed E-state index contributed by atoms with van der Waals surface area (Å²) in [5.74, 6) is 1.93.